The molecule has 0 aromatic heterocycles. The van der Waals surface area contributed by atoms with Crippen LogP contribution in [0.15, 0.2) is 27.1 Å². The van der Waals surface area contributed by atoms with Gasteiger partial charge in [-0.15, -0.1) is 0 Å². The average Bonchev–Trinajstić information content (AvgIpc) is 2.43. The van der Waals surface area contributed by atoms with Crippen LogP contribution in [0.5, 0.6) is 0 Å². The number of rotatable bonds is 5. The third-order valence-corrected chi connectivity index (χ3v) is 5.61. The SMILES string of the molecule is CCN(Cc1ccc(Br)c(Br)c1)CC1CCCCN1. The van der Waals surface area contributed by atoms with Gasteiger partial charge in [0.25, 0.3) is 0 Å². The van der Waals surface area contributed by atoms with Crippen LogP contribution >= 0.6 is 31.9 Å². The molecule has 1 N–H and O–H groups in total. The molecule has 4 heteroatoms. The standard InChI is InChI=1S/C15H22Br2N2/c1-2-19(11-13-5-3-4-8-18-13)10-12-6-7-14(16)15(17)9-12/h6-7,9,13,18H,2-5,8,10-11H2,1H3. The van der Waals surface area contributed by atoms with E-state index in [-0.39, 0.29) is 0 Å². The van der Waals surface area contributed by atoms with Gasteiger partial charge >= 0.3 is 0 Å². The largest absolute Gasteiger partial charge is 0.313 e. The zero-order valence-corrected chi connectivity index (χ0v) is 14.6. The molecule has 2 nitrogen and oxygen atoms in total. The highest BCUT2D eigenvalue weighted by Crippen LogP contribution is 2.24. The van der Waals surface area contributed by atoms with E-state index in [4.69, 9.17) is 0 Å². The van der Waals surface area contributed by atoms with Crippen LogP contribution in [-0.2, 0) is 6.54 Å². The molecule has 1 aromatic carbocycles. The van der Waals surface area contributed by atoms with Gasteiger partial charge in [-0.05, 0) is 75.5 Å². The summed E-state index contributed by atoms with van der Waals surface area (Å²) in [7, 11) is 0. The lowest BCUT2D eigenvalue weighted by atomic mass is 10.0. The second-order valence-corrected chi connectivity index (χ2v) is 6.93. The van der Waals surface area contributed by atoms with Crippen molar-refractivity contribution >= 4 is 31.9 Å². The first-order chi connectivity index (χ1) is 9.19. The molecule has 0 spiro atoms. The zero-order valence-electron chi connectivity index (χ0n) is 11.5. The minimum atomic E-state index is 0.674. The van der Waals surface area contributed by atoms with Gasteiger partial charge in [-0.2, -0.15) is 0 Å². The van der Waals surface area contributed by atoms with Crippen LogP contribution in [-0.4, -0.2) is 30.6 Å². The van der Waals surface area contributed by atoms with E-state index in [0.29, 0.717) is 6.04 Å². The highest BCUT2D eigenvalue weighted by molar-refractivity contribution is 9.13. The van der Waals surface area contributed by atoms with E-state index >= 15 is 0 Å². The van der Waals surface area contributed by atoms with Gasteiger partial charge in [0, 0.05) is 28.1 Å². The molecule has 1 fully saturated rings. The molecule has 0 aliphatic carbocycles. The van der Waals surface area contributed by atoms with Crippen LogP contribution in [0.4, 0.5) is 0 Å². The summed E-state index contributed by atoms with van der Waals surface area (Å²) in [6, 6.07) is 7.20. The number of nitrogens with one attached hydrogen (secondary N) is 1. The van der Waals surface area contributed by atoms with E-state index in [2.05, 4.69) is 67.2 Å². The maximum atomic E-state index is 3.63. The van der Waals surface area contributed by atoms with Crippen molar-refractivity contribution in [3.8, 4) is 0 Å². The highest BCUT2D eigenvalue weighted by atomic mass is 79.9. The maximum absolute atomic E-state index is 3.63. The number of benzene rings is 1. The van der Waals surface area contributed by atoms with Crippen molar-refractivity contribution in [1.82, 2.24) is 10.2 Å². The predicted octanol–water partition coefficient (Wildman–Crippen LogP) is 4.18. The normalized spacial score (nSPS) is 19.9. The summed E-state index contributed by atoms with van der Waals surface area (Å²) in [5, 5.41) is 3.63. The van der Waals surface area contributed by atoms with Crippen LogP contribution < -0.4 is 5.32 Å². The molecule has 0 amide bonds. The Balaban J connectivity index is 1.92. The molecule has 1 aliphatic heterocycles. The van der Waals surface area contributed by atoms with Gasteiger partial charge in [-0.25, -0.2) is 0 Å². The van der Waals surface area contributed by atoms with E-state index in [1.807, 2.05) is 0 Å². The Labute approximate surface area is 133 Å². The third-order valence-electron chi connectivity index (χ3n) is 3.73. The lowest BCUT2D eigenvalue weighted by molar-refractivity contribution is 0.226. The Morgan fingerprint density at radius 1 is 1.26 bits per heavy atom. The molecule has 1 saturated heterocycles. The lowest BCUT2D eigenvalue weighted by Crippen LogP contribution is -2.43. The van der Waals surface area contributed by atoms with Crippen LogP contribution in [0.3, 0.4) is 0 Å². The quantitative estimate of drug-likeness (QED) is 0.812. The van der Waals surface area contributed by atoms with Crippen LogP contribution in [0, 0.1) is 0 Å². The van der Waals surface area contributed by atoms with Crippen molar-refractivity contribution in [2.45, 2.75) is 38.8 Å². The highest BCUT2D eigenvalue weighted by Gasteiger charge is 2.16. The summed E-state index contributed by atoms with van der Waals surface area (Å²) in [5.41, 5.74) is 1.37. The van der Waals surface area contributed by atoms with E-state index in [9.17, 15) is 0 Å². The number of halogens is 2. The van der Waals surface area contributed by atoms with E-state index < -0.39 is 0 Å². The average molecular weight is 390 g/mol. The van der Waals surface area contributed by atoms with Gasteiger partial charge in [0.2, 0.25) is 0 Å². The summed E-state index contributed by atoms with van der Waals surface area (Å²) >= 11 is 7.10. The van der Waals surface area contributed by atoms with Crippen molar-refractivity contribution in [3.63, 3.8) is 0 Å². The van der Waals surface area contributed by atoms with Gasteiger partial charge < -0.3 is 5.32 Å². The van der Waals surface area contributed by atoms with E-state index in [1.165, 1.54) is 31.4 Å². The Morgan fingerprint density at radius 2 is 2.11 bits per heavy atom. The topological polar surface area (TPSA) is 15.3 Å². The number of nitrogens with zero attached hydrogens (tertiary/aromatic N) is 1. The maximum Gasteiger partial charge on any atom is 0.0320 e. The van der Waals surface area contributed by atoms with Crippen molar-refractivity contribution in [3.05, 3.63) is 32.7 Å². The molecule has 1 aliphatic rings. The molecule has 19 heavy (non-hydrogen) atoms. The Bertz CT molecular complexity index is 403. The first-order valence-corrected chi connectivity index (χ1v) is 8.67. The molecule has 0 radical (unpaired) electrons. The predicted molar refractivity (Wildman–Crippen MR) is 88.4 cm³/mol. The number of hydrogen-bond acceptors (Lipinski definition) is 2. The molecule has 1 atom stereocenters. The number of likely N-dealkylation sites (N-methyl/N-ethyl adjacent to an activating group) is 1. The molecule has 0 bridgehead atoms. The van der Waals surface area contributed by atoms with Gasteiger partial charge in [-0.1, -0.05) is 19.4 Å². The van der Waals surface area contributed by atoms with Crippen molar-refractivity contribution < 1.29 is 0 Å². The molecule has 0 saturated carbocycles. The first-order valence-electron chi connectivity index (χ1n) is 7.08. The zero-order chi connectivity index (χ0) is 13.7. The first kappa shape index (κ1) is 15.5. The van der Waals surface area contributed by atoms with Crippen molar-refractivity contribution in [2.75, 3.05) is 19.6 Å². The molecule has 1 heterocycles. The summed E-state index contributed by atoms with van der Waals surface area (Å²) in [5.74, 6) is 0. The molecule has 2 rings (SSSR count). The molecule has 1 unspecified atom stereocenters. The lowest BCUT2D eigenvalue weighted by Gasteiger charge is -2.30. The second-order valence-electron chi connectivity index (χ2n) is 5.22. The summed E-state index contributed by atoms with van der Waals surface area (Å²) in [4.78, 5) is 2.53. The summed E-state index contributed by atoms with van der Waals surface area (Å²) < 4.78 is 2.25. The van der Waals surface area contributed by atoms with Gasteiger partial charge in [0.05, 0.1) is 0 Å². The van der Waals surface area contributed by atoms with Gasteiger partial charge in [-0.3, -0.25) is 4.90 Å². The second kappa shape index (κ2) is 7.77. The number of piperidine rings is 1. The number of hydrogen-bond donors (Lipinski definition) is 1. The fourth-order valence-corrected chi connectivity index (χ4v) is 3.27. The Hall–Kier alpha value is 0.1000. The van der Waals surface area contributed by atoms with Crippen molar-refractivity contribution in [1.29, 1.82) is 0 Å². The van der Waals surface area contributed by atoms with E-state index in [0.717, 1.165) is 28.6 Å². The molecule has 106 valence electrons. The fourth-order valence-electron chi connectivity index (χ4n) is 2.59. The van der Waals surface area contributed by atoms with Crippen LogP contribution in [0.25, 0.3) is 0 Å². The minimum Gasteiger partial charge on any atom is -0.313 e. The minimum absolute atomic E-state index is 0.674. The smallest absolute Gasteiger partial charge is 0.0320 e. The van der Waals surface area contributed by atoms with Gasteiger partial charge in [0.1, 0.15) is 0 Å². The molecule has 1 aromatic rings. The Morgan fingerprint density at radius 3 is 2.74 bits per heavy atom. The molecular formula is C15H22Br2N2. The fraction of sp³-hybridized carbons (Fsp3) is 0.600. The van der Waals surface area contributed by atoms with Crippen LogP contribution in [0.2, 0.25) is 0 Å². The summed E-state index contributed by atoms with van der Waals surface area (Å²) in [6.45, 7) is 6.72. The summed E-state index contributed by atoms with van der Waals surface area (Å²) in [6.07, 6.45) is 4.03. The van der Waals surface area contributed by atoms with E-state index in [1.54, 1.807) is 0 Å². The monoisotopic (exact) mass is 388 g/mol. The van der Waals surface area contributed by atoms with Gasteiger partial charge in [0.15, 0.2) is 0 Å². The molecular weight excluding hydrogens is 368 g/mol. The van der Waals surface area contributed by atoms with Crippen LogP contribution in [0.1, 0.15) is 31.7 Å². The van der Waals surface area contributed by atoms with Crippen molar-refractivity contribution in [2.24, 2.45) is 0 Å². The Kier molecular flexibility index (Phi) is 6.33. The third kappa shape index (κ3) is 4.85.